The second-order valence-electron chi connectivity index (χ2n) is 11.2. The van der Waals surface area contributed by atoms with Gasteiger partial charge in [-0.05, 0) is 72.4 Å². The highest BCUT2D eigenvalue weighted by Gasteiger charge is 2.43. The quantitative estimate of drug-likeness (QED) is 0.490. The number of ether oxygens (including phenoxy) is 1. The Morgan fingerprint density at radius 2 is 1.72 bits per heavy atom. The zero-order valence-electron chi connectivity index (χ0n) is 22.9. The van der Waals surface area contributed by atoms with Crippen LogP contribution in [0.2, 0.25) is 0 Å². The molecule has 36 heavy (non-hydrogen) atoms. The summed E-state index contributed by atoms with van der Waals surface area (Å²) < 4.78 is 5.35. The molecule has 0 aliphatic heterocycles. The number of benzene rings is 1. The fourth-order valence-corrected chi connectivity index (χ4v) is 4.49. The van der Waals surface area contributed by atoms with Crippen LogP contribution in [0.25, 0.3) is 0 Å². The number of carbonyl (C=O) groups excluding carboxylic acids is 3. The number of rotatable bonds is 8. The fourth-order valence-electron chi connectivity index (χ4n) is 4.49. The topological polar surface area (TPSA) is 87.7 Å². The van der Waals surface area contributed by atoms with Gasteiger partial charge < -0.3 is 20.3 Å². The predicted octanol–water partition coefficient (Wildman–Crippen LogP) is 5.09. The lowest BCUT2D eigenvalue weighted by atomic mass is 9.89. The zero-order valence-corrected chi connectivity index (χ0v) is 22.9. The summed E-state index contributed by atoms with van der Waals surface area (Å²) in [5, 5.41) is 5.84. The Morgan fingerprint density at radius 1 is 1.11 bits per heavy atom. The van der Waals surface area contributed by atoms with Crippen molar-refractivity contribution in [1.82, 2.24) is 15.5 Å². The molecule has 198 valence electrons. The Balaban J connectivity index is 2.52. The Bertz CT molecular complexity index is 967. The average Bonchev–Trinajstić information content (AvgIpc) is 2.81. The first-order valence-electron chi connectivity index (χ1n) is 13.0. The van der Waals surface area contributed by atoms with Gasteiger partial charge in [0.05, 0.1) is 0 Å². The van der Waals surface area contributed by atoms with Crippen molar-refractivity contribution in [3.63, 3.8) is 0 Å². The van der Waals surface area contributed by atoms with Crippen LogP contribution < -0.4 is 10.6 Å². The van der Waals surface area contributed by atoms with Crippen LogP contribution in [0.15, 0.2) is 24.3 Å². The normalized spacial score (nSPS) is 16.3. The first-order valence-corrected chi connectivity index (χ1v) is 13.0. The van der Waals surface area contributed by atoms with Gasteiger partial charge in [0.15, 0.2) is 0 Å². The van der Waals surface area contributed by atoms with Gasteiger partial charge in [0.25, 0.3) is 0 Å². The monoisotopic (exact) mass is 497 g/mol. The molecule has 2 atom stereocenters. The maximum atomic E-state index is 14.0. The minimum Gasteiger partial charge on any atom is -0.444 e. The van der Waals surface area contributed by atoms with E-state index in [9.17, 15) is 14.4 Å². The maximum Gasteiger partial charge on any atom is 0.408 e. The lowest BCUT2D eigenvalue weighted by Gasteiger charge is -2.45. The van der Waals surface area contributed by atoms with Gasteiger partial charge in [0.1, 0.15) is 17.7 Å². The molecule has 0 heterocycles. The summed E-state index contributed by atoms with van der Waals surface area (Å²) in [5.41, 5.74) is -0.271. The summed E-state index contributed by atoms with van der Waals surface area (Å²) in [4.78, 5) is 41.9. The van der Waals surface area contributed by atoms with Gasteiger partial charge in [0, 0.05) is 17.1 Å². The van der Waals surface area contributed by atoms with E-state index in [0.29, 0.717) is 17.5 Å². The number of hydrogen-bond acceptors (Lipinski definition) is 4. The van der Waals surface area contributed by atoms with Crippen molar-refractivity contribution < 1.29 is 19.1 Å². The number of terminal acetylenes is 1. The van der Waals surface area contributed by atoms with Crippen LogP contribution in [0.4, 0.5) is 4.79 Å². The highest BCUT2D eigenvalue weighted by Crippen LogP contribution is 2.34. The van der Waals surface area contributed by atoms with E-state index in [1.54, 1.807) is 44.7 Å². The second kappa shape index (κ2) is 12.3. The van der Waals surface area contributed by atoms with E-state index in [-0.39, 0.29) is 17.9 Å². The second-order valence-corrected chi connectivity index (χ2v) is 11.2. The molecule has 0 radical (unpaired) electrons. The van der Waals surface area contributed by atoms with Crippen LogP contribution >= 0.6 is 0 Å². The smallest absolute Gasteiger partial charge is 0.408 e. The molecule has 1 aromatic carbocycles. The Morgan fingerprint density at radius 3 is 2.28 bits per heavy atom. The highest BCUT2D eigenvalue weighted by molar-refractivity contribution is 5.93. The summed E-state index contributed by atoms with van der Waals surface area (Å²) in [6.45, 7) is 12.7. The molecule has 0 saturated heterocycles. The number of amides is 3. The van der Waals surface area contributed by atoms with Crippen LogP contribution in [-0.4, -0.2) is 46.0 Å². The fraction of sp³-hybridized carbons (Fsp3) is 0.621. The maximum absolute atomic E-state index is 14.0. The molecular weight excluding hydrogens is 454 g/mol. The van der Waals surface area contributed by atoms with E-state index < -0.39 is 29.3 Å². The highest BCUT2D eigenvalue weighted by atomic mass is 16.6. The third-order valence-corrected chi connectivity index (χ3v) is 6.73. The molecule has 3 amide bonds. The van der Waals surface area contributed by atoms with Gasteiger partial charge >= 0.3 is 6.09 Å². The molecule has 1 aliphatic carbocycles. The van der Waals surface area contributed by atoms with Gasteiger partial charge in [-0.1, -0.05) is 50.3 Å². The summed E-state index contributed by atoms with van der Waals surface area (Å²) in [6, 6.07) is 5.40. The van der Waals surface area contributed by atoms with Crippen LogP contribution in [0.3, 0.4) is 0 Å². The van der Waals surface area contributed by atoms with E-state index in [1.165, 1.54) is 0 Å². The van der Waals surface area contributed by atoms with Crippen molar-refractivity contribution in [3.8, 4) is 12.3 Å². The molecule has 2 unspecified atom stereocenters. The molecule has 1 aliphatic rings. The lowest BCUT2D eigenvalue weighted by Crippen LogP contribution is -2.59. The minimum absolute atomic E-state index is 0.0609. The molecule has 0 bridgehead atoms. The van der Waals surface area contributed by atoms with Crippen LogP contribution in [0, 0.1) is 12.3 Å². The third kappa shape index (κ3) is 7.74. The summed E-state index contributed by atoms with van der Waals surface area (Å²) in [5.74, 6) is 2.03. The SMILES string of the molecule is C#Cc1ccccc1C(C(=O)NC1CCCCC1)N(C(=O)C(C)NC(=O)OC(C)(C)C)C(C)(C)CC. The van der Waals surface area contributed by atoms with Crippen LogP contribution in [0.1, 0.15) is 104 Å². The molecule has 2 rings (SSSR count). The number of nitrogens with zero attached hydrogens (tertiary/aromatic N) is 1. The summed E-state index contributed by atoms with van der Waals surface area (Å²) >= 11 is 0. The minimum atomic E-state index is -0.954. The summed E-state index contributed by atoms with van der Waals surface area (Å²) in [7, 11) is 0. The van der Waals surface area contributed by atoms with Crippen molar-refractivity contribution in [1.29, 1.82) is 0 Å². The molecule has 1 fully saturated rings. The van der Waals surface area contributed by atoms with Crippen molar-refractivity contribution >= 4 is 17.9 Å². The predicted molar refractivity (Wildman–Crippen MR) is 142 cm³/mol. The molecule has 2 N–H and O–H groups in total. The van der Waals surface area contributed by atoms with Crippen molar-refractivity contribution in [2.45, 2.75) is 116 Å². The molecule has 0 aromatic heterocycles. The standard InChI is InChI=1S/C29H43N3O4/c1-9-21-16-14-15-19-23(21)24(25(33)31-22-17-12-11-13-18-22)32(29(7,8)10-2)26(34)20(3)30-27(35)36-28(4,5)6/h1,14-16,19-20,22,24H,10-13,17-18H2,2-8H3,(H,30,35)(H,31,33). The Hall–Kier alpha value is -3.01. The van der Waals surface area contributed by atoms with Gasteiger partial charge in [-0.15, -0.1) is 6.42 Å². The zero-order chi connectivity index (χ0) is 27.1. The summed E-state index contributed by atoms with van der Waals surface area (Å²) in [6.07, 6.45) is 10.8. The molecule has 1 aromatic rings. The average molecular weight is 498 g/mol. The van der Waals surface area contributed by atoms with E-state index in [4.69, 9.17) is 11.2 Å². The number of nitrogens with one attached hydrogen (secondary N) is 2. The van der Waals surface area contributed by atoms with Gasteiger partial charge in [-0.3, -0.25) is 9.59 Å². The number of hydrogen-bond donors (Lipinski definition) is 2. The van der Waals surface area contributed by atoms with Crippen molar-refractivity contribution in [2.24, 2.45) is 0 Å². The third-order valence-electron chi connectivity index (χ3n) is 6.73. The van der Waals surface area contributed by atoms with E-state index in [0.717, 1.165) is 32.1 Å². The largest absolute Gasteiger partial charge is 0.444 e. The number of alkyl carbamates (subject to hydrolysis) is 1. The van der Waals surface area contributed by atoms with E-state index in [2.05, 4.69) is 16.6 Å². The molecule has 7 nitrogen and oxygen atoms in total. The van der Waals surface area contributed by atoms with Crippen molar-refractivity contribution in [3.05, 3.63) is 35.4 Å². The van der Waals surface area contributed by atoms with Crippen molar-refractivity contribution in [2.75, 3.05) is 0 Å². The first kappa shape index (κ1) is 29.2. The van der Waals surface area contributed by atoms with E-state index >= 15 is 0 Å². The Kier molecular flexibility index (Phi) is 9.98. The number of carbonyl (C=O) groups is 3. The molecule has 1 saturated carbocycles. The van der Waals surface area contributed by atoms with E-state index in [1.807, 2.05) is 32.9 Å². The lowest BCUT2D eigenvalue weighted by molar-refractivity contribution is -0.149. The van der Waals surface area contributed by atoms with Crippen LogP contribution in [0.5, 0.6) is 0 Å². The molecule has 0 spiro atoms. The van der Waals surface area contributed by atoms with Gasteiger partial charge in [0.2, 0.25) is 11.8 Å². The molecular formula is C29H43N3O4. The molecule has 7 heteroatoms. The van der Waals surface area contributed by atoms with Crippen LogP contribution in [-0.2, 0) is 14.3 Å². The first-order chi connectivity index (χ1) is 16.8. The Labute approximate surface area is 216 Å². The van der Waals surface area contributed by atoms with Gasteiger partial charge in [-0.25, -0.2) is 4.79 Å². The van der Waals surface area contributed by atoms with Gasteiger partial charge in [-0.2, -0.15) is 0 Å².